The van der Waals surface area contributed by atoms with Gasteiger partial charge in [0, 0.05) is 6.54 Å². The normalized spacial score (nSPS) is 11.6. The first-order chi connectivity index (χ1) is 8.41. The van der Waals surface area contributed by atoms with Crippen LogP contribution in [0, 0.1) is 0 Å². The number of nitrogens with two attached hydrogens (primary N) is 1. The van der Waals surface area contributed by atoms with Crippen molar-refractivity contribution in [3.05, 3.63) is 21.6 Å². The fourth-order valence-corrected chi connectivity index (χ4v) is 1.47. The van der Waals surface area contributed by atoms with Gasteiger partial charge in [-0.05, 0) is 6.42 Å². The zero-order valence-corrected chi connectivity index (χ0v) is 10.7. The van der Waals surface area contributed by atoms with Crippen LogP contribution in [0.5, 0.6) is 0 Å². The van der Waals surface area contributed by atoms with Crippen LogP contribution in [0.4, 0.5) is 14.5 Å². The number of aryl methyl sites for hydroxylation is 1. The lowest BCUT2D eigenvalue weighted by molar-refractivity contribution is 0.0254. The smallest absolute Gasteiger partial charge is 0.287 e. The van der Waals surface area contributed by atoms with E-state index >= 15 is 0 Å². The van der Waals surface area contributed by atoms with Crippen molar-refractivity contribution in [2.75, 3.05) is 18.4 Å². The van der Waals surface area contributed by atoms with Crippen LogP contribution in [0.2, 0.25) is 5.02 Å². The summed E-state index contributed by atoms with van der Waals surface area (Å²) in [7, 11) is 0. The predicted octanol–water partition coefficient (Wildman–Crippen LogP) is 1.31. The Hall–Kier alpha value is -1.21. The highest BCUT2D eigenvalue weighted by atomic mass is 35.5. The fourth-order valence-electron chi connectivity index (χ4n) is 1.26. The summed E-state index contributed by atoms with van der Waals surface area (Å²) in [4.78, 5) is 11.7. The van der Waals surface area contributed by atoms with E-state index in [1.165, 1.54) is 10.9 Å². The van der Waals surface area contributed by atoms with Crippen molar-refractivity contribution in [1.29, 1.82) is 0 Å². The second-order valence-corrected chi connectivity index (χ2v) is 4.19. The van der Waals surface area contributed by atoms with Crippen LogP contribution in [-0.2, 0) is 6.54 Å². The molecular formula is C10H15ClF2N4O. The van der Waals surface area contributed by atoms with E-state index in [1.54, 1.807) is 0 Å². The molecule has 0 saturated heterocycles. The van der Waals surface area contributed by atoms with Gasteiger partial charge in [0.1, 0.15) is 5.02 Å². The number of nitrogens with zero attached hydrogens (tertiary/aromatic N) is 2. The van der Waals surface area contributed by atoms with E-state index < -0.39 is 24.6 Å². The van der Waals surface area contributed by atoms with Gasteiger partial charge in [0.05, 0.1) is 25.0 Å². The Bertz CT molecular complexity index is 464. The second kappa shape index (κ2) is 6.10. The predicted molar refractivity (Wildman–Crippen MR) is 66.3 cm³/mol. The highest BCUT2D eigenvalue weighted by molar-refractivity contribution is 6.32. The monoisotopic (exact) mass is 280 g/mol. The number of nitrogens with one attached hydrogen (secondary N) is 1. The first kappa shape index (κ1) is 14.8. The molecule has 102 valence electrons. The van der Waals surface area contributed by atoms with E-state index in [0.29, 0.717) is 6.54 Å². The number of rotatable bonds is 6. The van der Waals surface area contributed by atoms with Gasteiger partial charge >= 0.3 is 0 Å². The van der Waals surface area contributed by atoms with Gasteiger partial charge < -0.3 is 11.1 Å². The topological polar surface area (TPSA) is 72.9 Å². The fraction of sp³-hybridized carbons (Fsp3) is 0.600. The Kier molecular flexibility index (Phi) is 5.03. The third-order valence-corrected chi connectivity index (χ3v) is 2.62. The molecule has 8 heteroatoms. The lowest BCUT2D eigenvalue weighted by atomic mass is 10.3. The number of aromatic nitrogens is 2. The van der Waals surface area contributed by atoms with Crippen LogP contribution in [-0.4, -0.2) is 28.8 Å². The van der Waals surface area contributed by atoms with Crippen molar-refractivity contribution >= 4 is 17.3 Å². The minimum absolute atomic E-state index is 0.0853. The van der Waals surface area contributed by atoms with Gasteiger partial charge in [-0.25, -0.2) is 13.5 Å². The molecule has 0 aliphatic carbocycles. The summed E-state index contributed by atoms with van der Waals surface area (Å²) in [6.07, 6.45) is 1.98. The molecule has 3 N–H and O–H groups in total. The summed E-state index contributed by atoms with van der Waals surface area (Å²) >= 11 is 5.79. The van der Waals surface area contributed by atoms with Crippen LogP contribution in [0.15, 0.2) is 11.0 Å². The number of hydrogen-bond donors (Lipinski definition) is 2. The van der Waals surface area contributed by atoms with E-state index in [4.69, 9.17) is 17.3 Å². The van der Waals surface area contributed by atoms with Crippen molar-refractivity contribution in [2.45, 2.75) is 25.8 Å². The molecule has 0 aliphatic heterocycles. The zero-order valence-electron chi connectivity index (χ0n) is 9.92. The SMILES string of the molecule is CCCn1ncc(NCC(F)(F)CN)c(Cl)c1=O. The van der Waals surface area contributed by atoms with Crippen LogP contribution in [0.1, 0.15) is 13.3 Å². The Morgan fingerprint density at radius 3 is 2.83 bits per heavy atom. The minimum atomic E-state index is -3.05. The third-order valence-electron chi connectivity index (χ3n) is 2.26. The van der Waals surface area contributed by atoms with E-state index in [2.05, 4.69) is 10.4 Å². The quantitative estimate of drug-likeness (QED) is 0.824. The maximum atomic E-state index is 12.9. The molecule has 0 fully saturated rings. The van der Waals surface area contributed by atoms with Gasteiger partial charge in [0.15, 0.2) is 0 Å². The van der Waals surface area contributed by atoms with E-state index in [1.807, 2.05) is 6.92 Å². The van der Waals surface area contributed by atoms with Gasteiger partial charge in [-0.15, -0.1) is 0 Å². The first-order valence-electron chi connectivity index (χ1n) is 5.48. The molecule has 0 radical (unpaired) electrons. The number of anilines is 1. The van der Waals surface area contributed by atoms with Crippen LogP contribution < -0.4 is 16.6 Å². The summed E-state index contributed by atoms with van der Waals surface area (Å²) in [6.45, 7) is 0.841. The average Bonchev–Trinajstić information content (AvgIpc) is 2.34. The first-order valence-corrected chi connectivity index (χ1v) is 5.86. The maximum Gasteiger partial charge on any atom is 0.287 e. The molecule has 1 aromatic heterocycles. The van der Waals surface area contributed by atoms with Crippen molar-refractivity contribution in [3.63, 3.8) is 0 Å². The van der Waals surface area contributed by atoms with Crippen molar-refractivity contribution in [3.8, 4) is 0 Å². The van der Waals surface area contributed by atoms with E-state index in [0.717, 1.165) is 6.42 Å². The molecule has 0 unspecified atom stereocenters. The number of alkyl halides is 2. The molecule has 0 aliphatic rings. The van der Waals surface area contributed by atoms with Crippen molar-refractivity contribution < 1.29 is 8.78 Å². The van der Waals surface area contributed by atoms with Gasteiger partial charge in [-0.1, -0.05) is 18.5 Å². The summed E-state index contributed by atoms with van der Waals surface area (Å²) in [5.41, 5.74) is 4.48. The molecule has 18 heavy (non-hydrogen) atoms. The minimum Gasteiger partial charge on any atom is -0.376 e. The van der Waals surface area contributed by atoms with Crippen molar-refractivity contribution in [1.82, 2.24) is 9.78 Å². The summed E-state index contributed by atoms with van der Waals surface area (Å²) < 4.78 is 27.1. The maximum absolute atomic E-state index is 12.9. The summed E-state index contributed by atoms with van der Waals surface area (Å²) in [6, 6.07) is 0. The summed E-state index contributed by atoms with van der Waals surface area (Å²) in [5, 5.41) is 6.07. The van der Waals surface area contributed by atoms with Crippen LogP contribution in [0.3, 0.4) is 0 Å². The standard InChI is InChI=1S/C10H15ClF2N4O/c1-2-3-17-9(18)8(11)7(4-16-17)15-6-10(12,13)5-14/h4,15H,2-3,5-6,14H2,1H3. The molecule has 1 rings (SSSR count). The average molecular weight is 281 g/mol. The summed E-state index contributed by atoms with van der Waals surface area (Å²) in [5.74, 6) is -3.05. The molecule has 0 bridgehead atoms. The van der Waals surface area contributed by atoms with Crippen molar-refractivity contribution in [2.24, 2.45) is 5.73 Å². The Balaban J connectivity index is 2.86. The molecule has 5 nitrogen and oxygen atoms in total. The molecule has 0 aromatic carbocycles. The molecule has 1 aromatic rings. The Morgan fingerprint density at radius 1 is 1.61 bits per heavy atom. The highest BCUT2D eigenvalue weighted by Crippen LogP contribution is 2.18. The Labute approximate surface area is 108 Å². The molecular weight excluding hydrogens is 266 g/mol. The third kappa shape index (κ3) is 3.64. The molecule has 0 saturated carbocycles. The van der Waals surface area contributed by atoms with Gasteiger partial charge in [0.2, 0.25) is 0 Å². The van der Waals surface area contributed by atoms with E-state index in [-0.39, 0.29) is 10.7 Å². The molecule has 0 spiro atoms. The zero-order chi connectivity index (χ0) is 13.8. The van der Waals surface area contributed by atoms with Gasteiger partial charge in [0.25, 0.3) is 11.5 Å². The Morgan fingerprint density at radius 2 is 2.28 bits per heavy atom. The highest BCUT2D eigenvalue weighted by Gasteiger charge is 2.26. The molecule has 1 heterocycles. The molecule has 0 atom stereocenters. The van der Waals surface area contributed by atoms with Crippen LogP contribution in [0.25, 0.3) is 0 Å². The lowest BCUT2D eigenvalue weighted by Gasteiger charge is -2.16. The van der Waals surface area contributed by atoms with Gasteiger partial charge in [-0.2, -0.15) is 5.10 Å². The van der Waals surface area contributed by atoms with Gasteiger partial charge in [-0.3, -0.25) is 4.79 Å². The van der Waals surface area contributed by atoms with Crippen LogP contribution >= 0.6 is 11.6 Å². The number of halogens is 3. The number of hydrogen-bond acceptors (Lipinski definition) is 4. The lowest BCUT2D eigenvalue weighted by Crippen LogP contribution is -2.36. The molecule has 0 amide bonds. The second-order valence-electron chi connectivity index (χ2n) is 3.81. The van der Waals surface area contributed by atoms with E-state index in [9.17, 15) is 13.6 Å². The largest absolute Gasteiger partial charge is 0.376 e.